The lowest BCUT2D eigenvalue weighted by molar-refractivity contribution is 0.0110. The molecule has 2 atom stereocenters. The second-order valence-corrected chi connectivity index (χ2v) is 6.10. The van der Waals surface area contributed by atoms with E-state index in [0.29, 0.717) is 12.1 Å². The molecule has 0 aromatic heterocycles. The normalized spacial score (nSPS) is 30.0. The lowest BCUT2D eigenvalue weighted by Crippen LogP contribution is -2.49. The van der Waals surface area contributed by atoms with E-state index in [0.717, 1.165) is 18.9 Å². The van der Waals surface area contributed by atoms with Gasteiger partial charge in [-0.1, -0.05) is 32.1 Å². The molecule has 2 aliphatic rings. The fourth-order valence-electron chi connectivity index (χ4n) is 3.64. The average Bonchev–Trinajstić information content (AvgIpc) is 2.46. The Morgan fingerprint density at radius 2 is 1.89 bits per heavy atom. The molecule has 0 aromatic rings. The molecule has 2 unspecified atom stereocenters. The fraction of sp³-hybridized carbons (Fsp3) is 1.00. The summed E-state index contributed by atoms with van der Waals surface area (Å²) in [5, 5.41) is 0. The smallest absolute Gasteiger partial charge is 0.0599 e. The summed E-state index contributed by atoms with van der Waals surface area (Å²) in [5.74, 6) is 0.984. The third kappa shape index (κ3) is 5.22. The zero-order valence-corrected chi connectivity index (χ0v) is 13.2. The predicted octanol–water partition coefficient (Wildman–Crippen LogP) is 2.82. The van der Waals surface area contributed by atoms with Gasteiger partial charge in [0.15, 0.2) is 0 Å². The number of hydrogen-bond donors (Lipinski definition) is 1. The number of methoxy groups -OCH3 is 1. The van der Waals surface area contributed by atoms with E-state index in [2.05, 4.69) is 4.90 Å². The number of piperidine rings is 1. The maximum Gasteiger partial charge on any atom is 0.0599 e. The minimum atomic E-state index is 0. The summed E-state index contributed by atoms with van der Waals surface area (Å²) in [5.41, 5.74) is 5.92. The molecule has 19 heavy (non-hydrogen) atoms. The van der Waals surface area contributed by atoms with E-state index in [1.807, 2.05) is 7.11 Å². The molecule has 114 valence electrons. The number of likely N-dealkylation sites (tertiary alicyclic amines) is 1. The summed E-state index contributed by atoms with van der Waals surface area (Å²) in [4.78, 5) is 2.62. The van der Waals surface area contributed by atoms with Crippen molar-refractivity contribution in [2.45, 2.75) is 63.5 Å². The quantitative estimate of drug-likeness (QED) is 0.846. The predicted molar refractivity (Wildman–Crippen MR) is 82.9 cm³/mol. The summed E-state index contributed by atoms with van der Waals surface area (Å²) in [6.45, 7) is 3.21. The van der Waals surface area contributed by atoms with Gasteiger partial charge in [0.2, 0.25) is 0 Å². The van der Waals surface area contributed by atoms with E-state index in [1.54, 1.807) is 0 Å². The molecular weight excluding hydrogens is 260 g/mol. The van der Waals surface area contributed by atoms with Crippen molar-refractivity contribution in [3.05, 3.63) is 0 Å². The number of hydrogen-bond acceptors (Lipinski definition) is 3. The van der Waals surface area contributed by atoms with Crippen LogP contribution < -0.4 is 5.73 Å². The Kier molecular flexibility index (Phi) is 8.31. The SMILES string of the molecule is COC1CCN(CCC2CCCCC2)C(CN)C1.Cl. The summed E-state index contributed by atoms with van der Waals surface area (Å²) >= 11 is 0. The van der Waals surface area contributed by atoms with Crippen LogP contribution in [0.15, 0.2) is 0 Å². The van der Waals surface area contributed by atoms with E-state index in [9.17, 15) is 0 Å². The average molecular weight is 291 g/mol. The molecule has 3 nitrogen and oxygen atoms in total. The van der Waals surface area contributed by atoms with Crippen LogP contribution in [0.2, 0.25) is 0 Å². The highest BCUT2D eigenvalue weighted by molar-refractivity contribution is 5.85. The Morgan fingerprint density at radius 1 is 1.16 bits per heavy atom. The van der Waals surface area contributed by atoms with Gasteiger partial charge in [0.1, 0.15) is 0 Å². The Labute approximate surface area is 124 Å². The molecule has 0 aromatic carbocycles. The van der Waals surface area contributed by atoms with E-state index in [4.69, 9.17) is 10.5 Å². The molecule has 0 radical (unpaired) electrons. The van der Waals surface area contributed by atoms with Crippen LogP contribution in [0.1, 0.15) is 51.4 Å². The molecule has 1 saturated carbocycles. The summed E-state index contributed by atoms with van der Waals surface area (Å²) in [7, 11) is 1.83. The highest BCUT2D eigenvalue weighted by Crippen LogP contribution is 2.27. The van der Waals surface area contributed by atoms with Crippen LogP contribution in [0.4, 0.5) is 0 Å². The third-order valence-electron chi connectivity index (χ3n) is 4.94. The number of halogens is 1. The van der Waals surface area contributed by atoms with Gasteiger partial charge in [-0.25, -0.2) is 0 Å². The molecule has 2 fully saturated rings. The highest BCUT2D eigenvalue weighted by Gasteiger charge is 2.27. The van der Waals surface area contributed by atoms with Crippen LogP contribution >= 0.6 is 12.4 Å². The van der Waals surface area contributed by atoms with Crippen molar-refractivity contribution in [2.24, 2.45) is 11.7 Å². The second kappa shape index (κ2) is 9.17. The lowest BCUT2D eigenvalue weighted by Gasteiger charge is -2.39. The van der Waals surface area contributed by atoms with Crippen molar-refractivity contribution in [3.8, 4) is 0 Å². The van der Waals surface area contributed by atoms with E-state index in [1.165, 1.54) is 58.0 Å². The molecule has 2 rings (SSSR count). The topological polar surface area (TPSA) is 38.5 Å². The summed E-state index contributed by atoms with van der Waals surface area (Å²) < 4.78 is 5.48. The van der Waals surface area contributed by atoms with E-state index < -0.39 is 0 Å². The van der Waals surface area contributed by atoms with Gasteiger partial charge in [-0.3, -0.25) is 4.90 Å². The molecular formula is C15H31ClN2O. The van der Waals surface area contributed by atoms with Crippen LogP contribution in [0.25, 0.3) is 0 Å². The first kappa shape index (κ1) is 17.2. The van der Waals surface area contributed by atoms with Crippen molar-refractivity contribution in [3.63, 3.8) is 0 Å². The summed E-state index contributed by atoms with van der Waals surface area (Å²) in [6, 6.07) is 0.548. The number of ether oxygens (including phenoxy) is 1. The van der Waals surface area contributed by atoms with Gasteiger partial charge in [0, 0.05) is 26.2 Å². The van der Waals surface area contributed by atoms with Gasteiger partial charge in [0.25, 0.3) is 0 Å². The van der Waals surface area contributed by atoms with Gasteiger partial charge in [-0.05, 0) is 31.7 Å². The van der Waals surface area contributed by atoms with E-state index >= 15 is 0 Å². The number of nitrogens with zero attached hydrogens (tertiary/aromatic N) is 1. The number of nitrogens with two attached hydrogens (primary N) is 1. The molecule has 0 amide bonds. The third-order valence-corrected chi connectivity index (χ3v) is 4.94. The molecule has 1 saturated heterocycles. The minimum Gasteiger partial charge on any atom is -0.381 e. The van der Waals surface area contributed by atoms with Gasteiger partial charge in [-0.2, -0.15) is 0 Å². The van der Waals surface area contributed by atoms with Crippen LogP contribution in [0.5, 0.6) is 0 Å². The van der Waals surface area contributed by atoms with Crippen LogP contribution in [0, 0.1) is 5.92 Å². The van der Waals surface area contributed by atoms with Gasteiger partial charge in [-0.15, -0.1) is 12.4 Å². The van der Waals surface area contributed by atoms with Crippen LogP contribution in [-0.2, 0) is 4.74 Å². The van der Waals surface area contributed by atoms with Gasteiger partial charge >= 0.3 is 0 Å². The van der Waals surface area contributed by atoms with Crippen molar-refractivity contribution < 1.29 is 4.74 Å². The zero-order chi connectivity index (χ0) is 12.8. The zero-order valence-electron chi connectivity index (χ0n) is 12.4. The van der Waals surface area contributed by atoms with Gasteiger partial charge < -0.3 is 10.5 Å². The highest BCUT2D eigenvalue weighted by atomic mass is 35.5. The molecule has 0 spiro atoms. The molecule has 1 heterocycles. The fourth-order valence-corrected chi connectivity index (χ4v) is 3.64. The number of rotatable bonds is 5. The first-order valence-corrected chi connectivity index (χ1v) is 7.80. The monoisotopic (exact) mass is 290 g/mol. The van der Waals surface area contributed by atoms with Crippen molar-refractivity contribution in [2.75, 3.05) is 26.7 Å². The molecule has 1 aliphatic heterocycles. The second-order valence-electron chi connectivity index (χ2n) is 6.10. The Balaban J connectivity index is 0.00000180. The van der Waals surface area contributed by atoms with Gasteiger partial charge in [0.05, 0.1) is 6.10 Å². The Hall–Kier alpha value is 0.170. The first-order valence-electron chi connectivity index (χ1n) is 7.80. The molecule has 2 N–H and O–H groups in total. The van der Waals surface area contributed by atoms with Crippen molar-refractivity contribution in [1.29, 1.82) is 0 Å². The first-order chi connectivity index (χ1) is 8.83. The molecule has 0 bridgehead atoms. The van der Waals surface area contributed by atoms with Crippen LogP contribution in [0.3, 0.4) is 0 Å². The maximum atomic E-state index is 5.92. The minimum absolute atomic E-state index is 0. The van der Waals surface area contributed by atoms with Crippen molar-refractivity contribution in [1.82, 2.24) is 4.90 Å². The molecule has 1 aliphatic carbocycles. The largest absolute Gasteiger partial charge is 0.381 e. The standard InChI is InChI=1S/C15H30N2O.ClH/c1-18-15-8-10-17(14(11-15)12-16)9-7-13-5-3-2-4-6-13;/h13-15H,2-12,16H2,1H3;1H. The van der Waals surface area contributed by atoms with E-state index in [-0.39, 0.29) is 12.4 Å². The maximum absolute atomic E-state index is 5.92. The van der Waals surface area contributed by atoms with Crippen LogP contribution in [-0.4, -0.2) is 43.8 Å². The Bertz CT molecular complexity index is 234. The summed E-state index contributed by atoms with van der Waals surface area (Å²) in [6.07, 6.45) is 11.4. The lowest BCUT2D eigenvalue weighted by atomic mass is 9.86. The molecule has 4 heteroatoms. The Morgan fingerprint density at radius 3 is 2.53 bits per heavy atom. The van der Waals surface area contributed by atoms with Crippen molar-refractivity contribution >= 4 is 12.4 Å².